The topological polar surface area (TPSA) is 15.3 Å². The van der Waals surface area contributed by atoms with Crippen LogP contribution in [0, 0.1) is 5.92 Å². The van der Waals surface area contributed by atoms with E-state index in [9.17, 15) is 13.2 Å². The third kappa shape index (κ3) is 5.24. The second-order valence-electron chi connectivity index (χ2n) is 6.14. The van der Waals surface area contributed by atoms with Gasteiger partial charge in [0.2, 0.25) is 0 Å². The van der Waals surface area contributed by atoms with Crippen molar-refractivity contribution >= 4 is 24.0 Å². The number of alkyl halides is 3. The van der Waals surface area contributed by atoms with E-state index in [-0.39, 0.29) is 23.5 Å². The molecule has 1 aromatic rings. The third-order valence-corrected chi connectivity index (χ3v) is 4.40. The first-order valence-corrected chi connectivity index (χ1v) is 7.99. The van der Waals surface area contributed by atoms with Crippen LogP contribution in [-0.2, 0) is 6.18 Å². The van der Waals surface area contributed by atoms with Gasteiger partial charge in [0.15, 0.2) is 0 Å². The van der Waals surface area contributed by atoms with Crippen LogP contribution in [0.5, 0.6) is 0 Å². The first kappa shape index (κ1) is 20.6. The number of nitrogens with zero attached hydrogens (tertiary/aromatic N) is 1. The van der Waals surface area contributed by atoms with Crippen molar-refractivity contribution < 1.29 is 13.2 Å². The summed E-state index contributed by atoms with van der Waals surface area (Å²) in [5.74, 6) is 0.380. The van der Waals surface area contributed by atoms with E-state index in [2.05, 4.69) is 24.1 Å². The van der Waals surface area contributed by atoms with Gasteiger partial charge in [0.05, 0.1) is 10.6 Å². The van der Waals surface area contributed by atoms with Crippen LogP contribution in [0.25, 0.3) is 0 Å². The lowest BCUT2D eigenvalue weighted by molar-refractivity contribution is -0.137. The molecule has 1 aliphatic heterocycles. The Morgan fingerprint density at radius 1 is 1.22 bits per heavy atom. The van der Waals surface area contributed by atoms with Crippen molar-refractivity contribution in [1.82, 2.24) is 10.2 Å². The number of nitrogens with one attached hydrogen (secondary N) is 1. The van der Waals surface area contributed by atoms with Gasteiger partial charge >= 0.3 is 6.18 Å². The molecule has 0 aliphatic carbocycles. The molecule has 1 atom stereocenters. The molecule has 2 rings (SSSR count). The highest BCUT2D eigenvalue weighted by atomic mass is 35.5. The summed E-state index contributed by atoms with van der Waals surface area (Å²) in [7, 11) is 0. The Bertz CT molecular complexity index is 501. The van der Waals surface area contributed by atoms with Crippen molar-refractivity contribution in [2.24, 2.45) is 5.92 Å². The Labute approximate surface area is 146 Å². The van der Waals surface area contributed by atoms with Crippen LogP contribution in [0.2, 0.25) is 5.02 Å². The number of piperazine rings is 1. The lowest BCUT2D eigenvalue weighted by Gasteiger charge is -2.37. The van der Waals surface area contributed by atoms with Gasteiger partial charge in [-0.3, -0.25) is 4.90 Å². The van der Waals surface area contributed by atoms with Crippen LogP contribution in [0.1, 0.15) is 37.4 Å². The standard InChI is InChI=1S/C16H22ClF3N2.ClH/c1-11(2)10-14(22-8-6-21-7-9-22)12-4-3-5-13(15(12)17)16(18,19)20;/h3-5,11,14,21H,6-10H2,1-2H3;1H/t14-;/m0./s1. The molecule has 0 bridgehead atoms. The molecule has 0 unspecified atom stereocenters. The van der Waals surface area contributed by atoms with Gasteiger partial charge in [-0.1, -0.05) is 37.6 Å². The van der Waals surface area contributed by atoms with Crippen molar-refractivity contribution in [2.45, 2.75) is 32.5 Å². The molecule has 0 aromatic heterocycles. The summed E-state index contributed by atoms with van der Waals surface area (Å²) in [6.45, 7) is 7.51. The Morgan fingerprint density at radius 2 is 1.83 bits per heavy atom. The second-order valence-corrected chi connectivity index (χ2v) is 6.52. The van der Waals surface area contributed by atoms with Crippen LogP contribution < -0.4 is 5.32 Å². The summed E-state index contributed by atoms with van der Waals surface area (Å²) in [5.41, 5.74) is -0.150. The summed E-state index contributed by atoms with van der Waals surface area (Å²) < 4.78 is 39.3. The predicted molar refractivity (Wildman–Crippen MR) is 90.3 cm³/mol. The fourth-order valence-corrected chi connectivity index (χ4v) is 3.30. The van der Waals surface area contributed by atoms with Crippen LogP contribution in [0.4, 0.5) is 13.2 Å². The molecule has 0 spiro atoms. The van der Waals surface area contributed by atoms with E-state index in [1.54, 1.807) is 6.07 Å². The zero-order chi connectivity index (χ0) is 16.3. The van der Waals surface area contributed by atoms with E-state index < -0.39 is 11.7 Å². The Morgan fingerprint density at radius 3 is 2.35 bits per heavy atom. The largest absolute Gasteiger partial charge is 0.417 e. The van der Waals surface area contributed by atoms with Crippen LogP contribution >= 0.6 is 24.0 Å². The fraction of sp³-hybridized carbons (Fsp3) is 0.625. The van der Waals surface area contributed by atoms with Gasteiger partial charge in [-0.05, 0) is 24.0 Å². The maximum atomic E-state index is 13.1. The molecule has 1 aromatic carbocycles. The zero-order valence-electron chi connectivity index (χ0n) is 13.3. The molecule has 0 saturated carbocycles. The SMILES string of the molecule is CC(C)C[C@@H](c1cccc(C(F)(F)F)c1Cl)N1CCNCC1.Cl. The quantitative estimate of drug-likeness (QED) is 0.820. The van der Waals surface area contributed by atoms with Gasteiger partial charge in [-0.2, -0.15) is 13.2 Å². The normalized spacial score (nSPS) is 17.9. The molecule has 1 aliphatic rings. The first-order valence-electron chi connectivity index (χ1n) is 7.61. The van der Waals surface area contributed by atoms with Crippen LogP contribution in [0.15, 0.2) is 18.2 Å². The lowest BCUT2D eigenvalue weighted by Crippen LogP contribution is -2.45. The number of hydrogen-bond acceptors (Lipinski definition) is 2. The highest BCUT2D eigenvalue weighted by molar-refractivity contribution is 6.32. The molecule has 1 fully saturated rings. The smallest absolute Gasteiger partial charge is 0.314 e. The van der Waals surface area contributed by atoms with Crippen molar-refractivity contribution in [3.05, 3.63) is 34.3 Å². The molecular formula is C16H23Cl2F3N2. The number of benzene rings is 1. The summed E-state index contributed by atoms with van der Waals surface area (Å²) in [6.07, 6.45) is -3.63. The van der Waals surface area contributed by atoms with E-state index in [4.69, 9.17) is 11.6 Å². The second kappa shape index (κ2) is 8.56. The van der Waals surface area contributed by atoms with E-state index in [0.29, 0.717) is 11.5 Å². The monoisotopic (exact) mass is 370 g/mol. The molecule has 0 radical (unpaired) electrons. The zero-order valence-corrected chi connectivity index (χ0v) is 14.9. The lowest BCUT2D eigenvalue weighted by atomic mass is 9.93. The highest BCUT2D eigenvalue weighted by Gasteiger charge is 2.35. The first-order chi connectivity index (χ1) is 10.3. The van der Waals surface area contributed by atoms with Gasteiger partial charge in [0, 0.05) is 32.2 Å². The number of hydrogen-bond donors (Lipinski definition) is 1. The van der Waals surface area contributed by atoms with Crippen molar-refractivity contribution in [3.8, 4) is 0 Å². The summed E-state index contributed by atoms with van der Waals surface area (Å²) >= 11 is 6.13. The summed E-state index contributed by atoms with van der Waals surface area (Å²) in [4.78, 5) is 2.23. The minimum absolute atomic E-state index is 0. The Kier molecular flexibility index (Phi) is 7.65. The molecular weight excluding hydrogens is 348 g/mol. The number of halogens is 5. The predicted octanol–water partition coefficient (Wildman–Crippen LogP) is 4.77. The van der Waals surface area contributed by atoms with Gasteiger partial charge in [-0.15, -0.1) is 12.4 Å². The van der Waals surface area contributed by atoms with Gasteiger partial charge in [-0.25, -0.2) is 0 Å². The van der Waals surface area contributed by atoms with E-state index in [1.165, 1.54) is 6.07 Å². The van der Waals surface area contributed by atoms with Gasteiger partial charge < -0.3 is 5.32 Å². The maximum Gasteiger partial charge on any atom is 0.417 e. The van der Waals surface area contributed by atoms with Crippen molar-refractivity contribution in [2.75, 3.05) is 26.2 Å². The molecule has 1 N–H and O–H groups in total. The minimum atomic E-state index is -4.42. The van der Waals surface area contributed by atoms with Crippen LogP contribution in [-0.4, -0.2) is 31.1 Å². The molecule has 7 heteroatoms. The molecule has 0 amide bonds. The number of rotatable bonds is 4. The average molecular weight is 371 g/mol. The van der Waals surface area contributed by atoms with Gasteiger partial charge in [0.1, 0.15) is 0 Å². The van der Waals surface area contributed by atoms with Crippen molar-refractivity contribution in [1.29, 1.82) is 0 Å². The molecule has 2 nitrogen and oxygen atoms in total. The van der Waals surface area contributed by atoms with E-state index >= 15 is 0 Å². The summed E-state index contributed by atoms with van der Waals surface area (Å²) in [6, 6.07) is 4.17. The fourth-order valence-electron chi connectivity index (χ4n) is 2.94. The highest BCUT2D eigenvalue weighted by Crippen LogP contribution is 2.40. The molecule has 132 valence electrons. The Hall–Kier alpha value is -0.490. The molecule has 1 heterocycles. The minimum Gasteiger partial charge on any atom is -0.314 e. The van der Waals surface area contributed by atoms with Crippen molar-refractivity contribution in [3.63, 3.8) is 0 Å². The van der Waals surface area contributed by atoms with Gasteiger partial charge in [0.25, 0.3) is 0 Å². The summed E-state index contributed by atoms with van der Waals surface area (Å²) in [5, 5.41) is 3.12. The van der Waals surface area contributed by atoms with E-state index in [0.717, 1.165) is 38.7 Å². The average Bonchev–Trinajstić information content (AvgIpc) is 2.45. The van der Waals surface area contributed by atoms with E-state index in [1.807, 2.05) is 0 Å². The Balaban J connectivity index is 0.00000264. The third-order valence-electron chi connectivity index (χ3n) is 3.98. The molecule has 23 heavy (non-hydrogen) atoms. The molecule has 1 saturated heterocycles. The maximum absolute atomic E-state index is 13.1. The van der Waals surface area contributed by atoms with Crippen LogP contribution in [0.3, 0.4) is 0 Å².